The molecule has 0 fully saturated rings. The smallest absolute Gasteiger partial charge is 0.365 e. The van der Waals surface area contributed by atoms with E-state index in [1.54, 1.807) is 0 Å². The number of thiophene rings is 1. The first-order valence-electron chi connectivity index (χ1n) is 8.20. The molecule has 2 aromatic carbocycles. The molecule has 0 atom stereocenters. The lowest BCUT2D eigenvalue weighted by Crippen LogP contribution is -2.10. The largest absolute Gasteiger partial charge is 0.416 e. The summed E-state index contributed by atoms with van der Waals surface area (Å²) in [6, 6.07) is 11.7. The molecule has 0 spiro atoms. The van der Waals surface area contributed by atoms with E-state index in [9.17, 15) is 31.1 Å². The lowest BCUT2D eigenvalue weighted by molar-refractivity contribution is -0.138. The SMILES string of the molecule is NC(=O)c1ccc(C(c2cccc(C(F)(F)F)c2)c2cccc(C(F)(F)F)c2)s1. The third-order valence-corrected chi connectivity index (χ3v) is 5.41. The number of hydrogen-bond donors (Lipinski definition) is 1. The van der Waals surface area contributed by atoms with Crippen molar-refractivity contribution in [3.63, 3.8) is 0 Å². The molecule has 0 aliphatic heterocycles. The molecule has 0 saturated heterocycles. The molecule has 3 aromatic rings. The molecule has 0 aliphatic carbocycles. The summed E-state index contributed by atoms with van der Waals surface area (Å²) in [6.07, 6.45) is -9.22. The molecular weight excluding hydrogens is 416 g/mol. The van der Waals surface area contributed by atoms with Crippen molar-refractivity contribution in [3.8, 4) is 0 Å². The Morgan fingerprint density at radius 2 is 1.28 bits per heavy atom. The van der Waals surface area contributed by atoms with Crippen LogP contribution in [0.2, 0.25) is 0 Å². The first kappa shape index (κ1) is 20.9. The Labute approximate surface area is 165 Å². The summed E-state index contributed by atoms with van der Waals surface area (Å²) in [5, 5.41) is 0. The van der Waals surface area contributed by atoms with Crippen molar-refractivity contribution in [3.05, 3.63) is 92.7 Å². The predicted octanol–water partition coefficient (Wildman–Crippen LogP) is 6.06. The number of nitrogens with two attached hydrogens (primary N) is 1. The van der Waals surface area contributed by atoms with Crippen LogP contribution in [0.3, 0.4) is 0 Å². The second-order valence-corrected chi connectivity index (χ2v) is 7.36. The third-order valence-electron chi connectivity index (χ3n) is 4.25. The highest BCUT2D eigenvalue weighted by molar-refractivity contribution is 7.14. The van der Waals surface area contributed by atoms with E-state index in [-0.39, 0.29) is 16.0 Å². The molecule has 3 rings (SSSR count). The van der Waals surface area contributed by atoms with Gasteiger partial charge in [-0.15, -0.1) is 11.3 Å². The van der Waals surface area contributed by atoms with Gasteiger partial charge in [-0.2, -0.15) is 26.3 Å². The topological polar surface area (TPSA) is 43.1 Å². The van der Waals surface area contributed by atoms with Gasteiger partial charge in [0.2, 0.25) is 0 Å². The number of hydrogen-bond acceptors (Lipinski definition) is 2. The van der Waals surface area contributed by atoms with Crippen molar-refractivity contribution in [2.45, 2.75) is 18.3 Å². The molecule has 9 heteroatoms. The summed E-state index contributed by atoms with van der Waals surface area (Å²) in [6.45, 7) is 0. The minimum absolute atomic E-state index is 0.150. The molecule has 0 bridgehead atoms. The molecule has 2 nitrogen and oxygen atoms in total. The standard InChI is InChI=1S/C20H13F6NOS/c21-19(22,23)13-5-1-3-11(9-13)17(15-7-8-16(29-15)18(27)28)12-4-2-6-14(10-12)20(24,25)26/h1-10,17H,(H2,27,28). The van der Waals surface area contributed by atoms with E-state index in [0.29, 0.717) is 4.88 Å². The molecule has 0 aliphatic rings. The average Bonchev–Trinajstić information content (AvgIpc) is 3.11. The highest BCUT2D eigenvalue weighted by atomic mass is 32.1. The van der Waals surface area contributed by atoms with Crippen LogP contribution in [0.25, 0.3) is 0 Å². The molecule has 1 amide bonds. The Balaban J connectivity index is 2.19. The fraction of sp³-hybridized carbons (Fsp3) is 0.150. The van der Waals surface area contributed by atoms with Crippen molar-refractivity contribution < 1.29 is 31.1 Å². The maximum absolute atomic E-state index is 13.2. The number of rotatable bonds is 4. The zero-order valence-corrected chi connectivity index (χ0v) is 15.3. The fourth-order valence-corrected chi connectivity index (χ4v) is 3.97. The predicted molar refractivity (Wildman–Crippen MR) is 96.7 cm³/mol. The molecule has 2 N–H and O–H groups in total. The van der Waals surface area contributed by atoms with E-state index in [1.165, 1.54) is 36.4 Å². The van der Waals surface area contributed by atoms with E-state index >= 15 is 0 Å². The van der Waals surface area contributed by atoms with Crippen molar-refractivity contribution in [2.24, 2.45) is 5.73 Å². The second-order valence-electron chi connectivity index (χ2n) is 6.25. The van der Waals surface area contributed by atoms with Gasteiger partial charge in [0.25, 0.3) is 5.91 Å². The van der Waals surface area contributed by atoms with Crippen molar-refractivity contribution >= 4 is 17.2 Å². The molecule has 29 heavy (non-hydrogen) atoms. The monoisotopic (exact) mass is 429 g/mol. The van der Waals surface area contributed by atoms with Crippen LogP contribution in [0, 0.1) is 0 Å². The van der Waals surface area contributed by atoms with E-state index < -0.39 is 35.3 Å². The normalized spacial score (nSPS) is 12.4. The number of alkyl halides is 6. The second kappa shape index (κ2) is 7.55. The van der Waals surface area contributed by atoms with E-state index in [4.69, 9.17) is 5.73 Å². The number of benzene rings is 2. The fourth-order valence-electron chi connectivity index (χ4n) is 2.95. The van der Waals surface area contributed by atoms with Gasteiger partial charge in [0.15, 0.2) is 0 Å². The molecule has 0 radical (unpaired) electrons. The van der Waals surface area contributed by atoms with E-state index in [2.05, 4.69) is 0 Å². The first-order chi connectivity index (χ1) is 13.5. The van der Waals surface area contributed by atoms with Crippen LogP contribution in [0.15, 0.2) is 60.7 Å². The van der Waals surface area contributed by atoms with E-state index in [1.807, 2.05) is 0 Å². The minimum atomic E-state index is -4.61. The lowest BCUT2D eigenvalue weighted by Gasteiger charge is -2.20. The zero-order valence-electron chi connectivity index (χ0n) is 14.5. The summed E-state index contributed by atoms with van der Waals surface area (Å²) in [7, 11) is 0. The van der Waals surface area contributed by atoms with Gasteiger partial charge in [0.1, 0.15) is 0 Å². The van der Waals surface area contributed by atoms with Gasteiger partial charge in [-0.3, -0.25) is 4.79 Å². The van der Waals surface area contributed by atoms with Gasteiger partial charge in [0, 0.05) is 10.8 Å². The molecule has 0 unspecified atom stereocenters. The summed E-state index contributed by atoms with van der Waals surface area (Å²) >= 11 is 0.928. The number of carbonyl (C=O) groups is 1. The molecule has 152 valence electrons. The number of carbonyl (C=O) groups excluding carboxylic acids is 1. The summed E-state index contributed by atoms with van der Waals surface area (Å²) < 4.78 is 79.0. The van der Waals surface area contributed by atoms with Crippen LogP contribution < -0.4 is 5.73 Å². The molecule has 0 saturated carbocycles. The highest BCUT2D eigenvalue weighted by Crippen LogP contribution is 2.40. The van der Waals surface area contributed by atoms with Crippen LogP contribution in [-0.4, -0.2) is 5.91 Å². The molecule has 1 heterocycles. The van der Waals surface area contributed by atoms with Crippen molar-refractivity contribution in [1.29, 1.82) is 0 Å². The Morgan fingerprint density at radius 3 is 1.66 bits per heavy atom. The Morgan fingerprint density at radius 1 is 0.793 bits per heavy atom. The van der Waals surface area contributed by atoms with Crippen LogP contribution >= 0.6 is 11.3 Å². The first-order valence-corrected chi connectivity index (χ1v) is 9.02. The maximum Gasteiger partial charge on any atom is 0.416 e. The van der Waals surface area contributed by atoms with Gasteiger partial charge in [-0.25, -0.2) is 0 Å². The number of primary amides is 1. The van der Waals surface area contributed by atoms with Gasteiger partial charge >= 0.3 is 12.4 Å². The van der Waals surface area contributed by atoms with Crippen LogP contribution in [0.4, 0.5) is 26.3 Å². The molecular formula is C20H13F6NOS. The number of amides is 1. The molecule has 1 aromatic heterocycles. The quantitative estimate of drug-likeness (QED) is 0.503. The van der Waals surface area contributed by atoms with Crippen molar-refractivity contribution in [2.75, 3.05) is 0 Å². The minimum Gasteiger partial charge on any atom is -0.365 e. The summed E-state index contributed by atoms with van der Waals surface area (Å²) in [5.74, 6) is -1.66. The highest BCUT2D eigenvalue weighted by Gasteiger charge is 2.33. The van der Waals surface area contributed by atoms with Crippen LogP contribution in [0.5, 0.6) is 0 Å². The summed E-state index contributed by atoms with van der Waals surface area (Å²) in [5.41, 5.74) is 3.71. The Bertz CT molecular complexity index is 980. The van der Waals surface area contributed by atoms with Gasteiger partial charge in [0.05, 0.1) is 16.0 Å². The maximum atomic E-state index is 13.2. The van der Waals surface area contributed by atoms with Crippen LogP contribution in [0.1, 0.15) is 42.7 Å². The van der Waals surface area contributed by atoms with Gasteiger partial charge < -0.3 is 5.73 Å². The Kier molecular flexibility index (Phi) is 5.44. The zero-order chi connectivity index (χ0) is 21.4. The average molecular weight is 429 g/mol. The number of halogens is 6. The van der Waals surface area contributed by atoms with Crippen molar-refractivity contribution in [1.82, 2.24) is 0 Å². The van der Waals surface area contributed by atoms with Crippen LogP contribution in [-0.2, 0) is 12.4 Å². The summed E-state index contributed by atoms with van der Waals surface area (Å²) in [4.78, 5) is 12.0. The van der Waals surface area contributed by atoms with E-state index in [0.717, 1.165) is 35.6 Å². The Hall–Kier alpha value is -2.81. The van der Waals surface area contributed by atoms with Gasteiger partial charge in [-0.1, -0.05) is 36.4 Å². The van der Waals surface area contributed by atoms with Gasteiger partial charge in [-0.05, 0) is 35.4 Å². The lowest BCUT2D eigenvalue weighted by atomic mass is 9.88. The third kappa shape index (κ3) is 4.61.